The van der Waals surface area contributed by atoms with Crippen molar-refractivity contribution in [2.75, 3.05) is 6.61 Å². The number of ether oxygens (including phenoxy) is 2. The maximum Gasteiger partial charge on any atom is 0.343 e. The maximum absolute atomic E-state index is 12.5. The summed E-state index contributed by atoms with van der Waals surface area (Å²) in [7, 11) is 0. The number of benzene rings is 3. The molecule has 0 heterocycles. The second-order valence-corrected chi connectivity index (χ2v) is 8.36. The fourth-order valence-corrected chi connectivity index (χ4v) is 3.26. The fraction of sp³-hybridized carbons (Fsp3) is 0.269. The molecule has 6 heteroatoms. The van der Waals surface area contributed by atoms with Crippen molar-refractivity contribution >= 4 is 33.3 Å². The molecule has 0 aromatic heterocycles. The maximum atomic E-state index is 12.5. The molecule has 0 aliphatic rings. The lowest BCUT2D eigenvalue weighted by Gasteiger charge is -2.09. The molecule has 166 valence electrons. The first-order valence-electron chi connectivity index (χ1n) is 10.8. The summed E-state index contributed by atoms with van der Waals surface area (Å²) in [5.41, 5.74) is 2.72. The molecule has 3 aromatic carbocycles. The molecule has 3 aromatic rings. The number of carbonyl (C=O) groups excluding carboxylic acids is 1. The van der Waals surface area contributed by atoms with Crippen LogP contribution in [-0.4, -0.2) is 12.6 Å². The Hall–Kier alpha value is -2.99. The van der Waals surface area contributed by atoms with Crippen molar-refractivity contribution in [3.63, 3.8) is 0 Å². The molecule has 0 saturated heterocycles. The van der Waals surface area contributed by atoms with Crippen LogP contribution in [0, 0.1) is 6.92 Å². The van der Waals surface area contributed by atoms with Gasteiger partial charge in [0.05, 0.1) is 23.5 Å². The molecule has 0 aliphatic heterocycles. The molecular weight excluding hydrogens is 468 g/mol. The monoisotopic (exact) mass is 494 g/mol. The Morgan fingerprint density at radius 3 is 2.25 bits per heavy atom. The van der Waals surface area contributed by atoms with Gasteiger partial charge in [-0.2, -0.15) is 10.2 Å². The van der Waals surface area contributed by atoms with Gasteiger partial charge in [0.2, 0.25) is 0 Å². The van der Waals surface area contributed by atoms with E-state index in [2.05, 4.69) is 33.1 Å². The molecular formula is C26H27BrN2O3. The van der Waals surface area contributed by atoms with Crippen LogP contribution in [-0.2, 0) is 0 Å². The molecule has 0 N–H and O–H groups in total. The molecule has 3 rings (SSSR count). The molecule has 5 nitrogen and oxygen atoms in total. The summed E-state index contributed by atoms with van der Waals surface area (Å²) in [6.45, 7) is 4.75. The van der Waals surface area contributed by atoms with Crippen LogP contribution in [0.25, 0.3) is 0 Å². The molecule has 32 heavy (non-hydrogen) atoms. The van der Waals surface area contributed by atoms with Crippen LogP contribution in [0.15, 0.2) is 81.4 Å². The number of hydrogen-bond acceptors (Lipinski definition) is 5. The molecule has 0 spiro atoms. The first kappa shape index (κ1) is 23.7. The number of halogens is 1. The van der Waals surface area contributed by atoms with Crippen molar-refractivity contribution in [3.05, 3.63) is 82.3 Å². The normalized spacial score (nSPS) is 11.0. The van der Waals surface area contributed by atoms with Crippen molar-refractivity contribution < 1.29 is 14.3 Å². The Morgan fingerprint density at radius 2 is 1.56 bits per heavy atom. The summed E-state index contributed by atoms with van der Waals surface area (Å²) in [4.78, 5) is 12.5. The van der Waals surface area contributed by atoms with Gasteiger partial charge in [-0.25, -0.2) is 4.79 Å². The molecule has 0 unspecified atom stereocenters. The van der Waals surface area contributed by atoms with E-state index < -0.39 is 5.97 Å². The van der Waals surface area contributed by atoms with Gasteiger partial charge in [0, 0.05) is 4.47 Å². The van der Waals surface area contributed by atoms with E-state index in [0.717, 1.165) is 27.9 Å². The molecule has 0 saturated carbocycles. The summed E-state index contributed by atoms with van der Waals surface area (Å²) in [6.07, 6.45) is 4.64. The lowest BCUT2D eigenvalue weighted by atomic mass is 10.2. The molecule has 0 bridgehead atoms. The Kier molecular flexibility index (Phi) is 8.99. The van der Waals surface area contributed by atoms with Crippen LogP contribution in [0.5, 0.6) is 11.5 Å². The first-order valence-corrected chi connectivity index (χ1v) is 11.6. The minimum Gasteiger partial charge on any atom is -0.494 e. The van der Waals surface area contributed by atoms with E-state index in [1.807, 2.05) is 37.3 Å². The first-order chi connectivity index (χ1) is 15.5. The smallest absolute Gasteiger partial charge is 0.343 e. The van der Waals surface area contributed by atoms with Gasteiger partial charge in [-0.15, -0.1) is 0 Å². The fourth-order valence-electron chi connectivity index (χ4n) is 3.00. The van der Waals surface area contributed by atoms with E-state index in [1.54, 1.807) is 36.4 Å². The molecule has 0 radical (unpaired) electrons. The Labute approximate surface area is 197 Å². The molecule has 0 fully saturated rings. The van der Waals surface area contributed by atoms with E-state index in [0.29, 0.717) is 23.6 Å². The van der Waals surface area contributed by atoms with Crippen molar-refractivity contribution in [2.24, 2.45) is 10.2 Å². The summed E-state index contributed by atoms with van der Waals surface area (Å²) in [6, 6.07) is 20.0. The van der Waals surface area contributed by atoms with Crippen molar-refractivity contribution in [1.29, 1.82) is 0 Å². The van der Waals surface area contributed by atoms with Gasteiger partial charge in [-0.05, 0) is 85.6 Å². The highest BCUT2D eigenvalue weighted by molar-refractivity contribution is 9.10. The minimum absolute atomic E-state index is 0.410. The highest BCUT2D eigenvalue weighted by atomic mass is 79.9. The summed E-state index contributed by atoms with van der Waals surface area (Å²) in [5, 5.41) is 8.48. The van der Waals surface area contributed by atoms with Gasteiger partial charge >= 0.3 is 5.97 Å². The number of unbranched alkanes of at least 4 members (excludes halogenated alkanes) is 3. The van der Waals surface area contributed by atoms with Gasteiger partial charge in [-0.3, -0.25) is 0 Å². The van der Waals surface area contributed by atoms with Gasteiger partial charge in [-0.1, -0.05) is 42.1 Å². The van der Waals surface area contributed by atoms with Crippen molar-refractivity contribution in [1.82, 2.24) is 0 Å². The Bertz CT molecular complexity index is 1050. The van der Waals surface area contributed by atoms with Gasteiger partial charge in [0.25, 0.3) is 0 Å². The van der Waals surface area contributed by atoms with E-state index >= 15 is 0 Å². The highest BCUT2D eigenvalue weighted by Gasteiger charge is 2.11. The lowest BCUT2D eigenvalue weighted by Crippen LogP contribution is -2.09. The van der Waals surface area contributed by atoms with E-state index in [-0.39, 0.29) is 0 Å². The number of rotatable bonds is 10. The van der Waals surface area contributed by atoms with Gasteiger partial charge in [0.1, 0.15) is 11.5 Å². The van der Waals surface area contributed by atoms with E-state index in [4.69, 9.17) is 9.47 Å². The van der Waals surface area contributed by atoms with Crippen LogP contribution in [0.3, 0.4) is 0 Å². The number of nitrogens with zero attached hydrogens (tertiary/aromatic N) is 2. The number of azo groups is 1. The average molecular weight is 495 g/mol. The molecule has 0 aliphatic carbocycles. The largest absolute Gasteiger partial charge is 0.494 e. The van der Waals surface area contributed by atoms with Crippen LogP contribution in [0.4, 0.5) is 11.4 Å². The summed E-state index contributed by atoms with van der Waals surface area (Å²) < 4.78 is 12.3. The molecule has 0 atom stereocenters. The number of carbonyl (C=O) groups is 1. The predicted octanol–water partition coefficient (Wildman–Crippen LogP) is 8.35. The topological polar surface area (TPSA) is 60.2 Å². The van der Waals surface area contributed by atoms with E-state index in [9.17, 15) is 4.79 Å². The Balaban J connectivity index is 1.56. The van der Waals surface area contributed by atoms with Gasteiger partial charge < -0.3 is 9.47 Å². The van der Waals surface area contributed by atoms with Crippen LogP contribution < -0.4 is 9.47 Å². The van der Waals surface area contributed by atoms with Crippen molar-refractivity contribution in [2.45, 2.75) is 39.5 Å². The third kappa shape index (κ3) is 7.31. The Morgan fingerprint density at radius 1 is 0.875 bits per heavy atom. The number of esters is 1. The van der Waals surface area contributed by atoms with E-state index in [1.165, 1.54) is 19.3 Å². The quantitative estimate of drug-likeness (QED) is 0.123. The second kappa shape index (κ2) is 12.2. The third-order valence-electron chi connectivity index (χ3n) is 4.83. The van der Waals surface area contributed by atoms with Crippen molar-refractivity contribution in [3.8, 4) is 11.5 Å². The predicted molar refractivity (Wildman–Crippen MR) is 131 cm³/mol. The zero-order valence-corrected chi connectivity index (χ0v) is 20.0. The summed E-state index contributed by atoms with van der Waals surface area (Å²) >= 11 is 3.40. The highest BCUT2D eigenvalue weighted by Crippen LogP contribution is 2.27. The summed E-state index contributed by atoms with van der Waals surface area (Å²) in [5.74, 6) is 0.843. The zero-order valence-electron chi connectivity index (χ0n) is 18.4. The minimum atomic E-state index is -0.410. The van der Waals surface area contributed by atoms with Crippen LogP contribution in [0.2, 0.25) is 0 Å². The zero-order chi connectivity index (χ0) is 22.8. The third-order valence-corrected chi connectivity index (χ3v) is 5.35. The molecule has 0 amide bonds. The average Bonchev–Trinajstić information content (AvgIpc) is 2.80. The van der Waals surface area contributed by atoms with Gasteiger partial charge in [0.15, 0.2) is 0 Å². The number of hydrogen-bond donors (Lipinski definition) is 0. The second-order valence-electron chi connectivity index (χ2n) is 7.45. The lowest BCUT2D eigenvalue weighted by molar-refractivity contribution is 0.0733. The SMILES string of the molecule is CCCCCCOc1ccc(C(=O)Oc2ccc(N=Nc3ccc(Br)cc3)cc2C)cc1. The standard InChI is InChI=1S/C26H27BrN2O3/c1-3-4-5-6-17-31-24-14-7-20(8-15-24)26(30)32-25-16-13-23(18-19(25)2)29-28-22-11-9-21(27)10-12-22/h7-16,18H,3-6,17H2,1-2H3. The van der Waals surface area contributed by atoms with Crippen LogP contribution in [0.1, 0.15) is 48.5 Å². The van der Waals surface area contributed by atoms with Crippen LogP contribution >= 0.6 is 15.9 Å². The number of aryl methyl sites for hydroxylation is 1.